The number of ether oxygens (including phenoxy) is 1. The van der Waals surface area contributed by atoms with E-state index < -0.39 is 46.2 Å². The third-order valence-corrected chi connectivity index (χ3v) is 4.88. The summed E-state index contributed by atoms with van der Waals surface area (Å²) in [4.78, 5) is 3.49. The van der Waals surface area contributed by atoms with Crippen molar-refractivity contribution in [1.82, 2.24) is 8.96 Å². The van der Waals surface area contributed by atoms with Crippen molar-refractivity contribution in [3.63, 3.8) is 0 Å². The molecule has 0 radical (unpaired) electrons. The van der Waals surface area contributed by atoms with Crippen LogP contribution in [-0.4, -0.2) is 79.0 Å². The van der Waals surface area contributed by atoms with E-state index in [2.05, 4.69) is 4.98 Å². The minimum atomic E-state index is -4.67. The standard InChI is InChI=1S/C9H14N2O8S/c12-3-5(13)7-6(14)8(15)9(16,19-7)20(17,18)11-2-1-10-4-11/h1-2,4-8,12-16H,3H2/t5-,6+,7-,8-,9-/m1/s1. The highest BCUT2D eigenvalue weighted by Crippen LogP contribution is 2.36. The van der Waals surface area contributed by atoms with Gasteiger partial charge in [0.2, 0.25) is 0 Å². The largest absolute Gasteiger partial charge is 0.394 e. The van der Waals surface area contributed by atoms with Gasteiger partial charge in [-0.05, 0) is 0 Å². The molecule has 5 N–H and O–H groups in total. The Morgan fingerprint density at radius 3 is 2.60 bits per heavy atom. The van der Waals surface area contributed by atoms with Crippen LogP contribution in [0, 0.1) is 0 Å². The van der Waals surface area contributed by atoms with Gasteiger partial charge in [0.25, 0.3) is 10.0 Å². The summed E-state index contributed by atoms with van der Waals surface area (Å²) in [7, 11) is -4.67. The molecule has 1 aromatic heterocycles. The van der Waals surface area contributed by atoms with Crippen molar-refractivity contribution in [1.29, 1.82) is 0 Å². The van der Waals surface area contributed by atoms with Crippen LogP contribution in [0.2, 0.25) is 0 Å². The summed E-state index contributed by atoms with van der Waals surface area (Å²) in [6, 6.07) is 0. The van der Waals surface area contributed by atoms with Gasteiger partial charge in [0, 0.05) is 12.4 Å². The molecule has 0 spiro atoms. The highest BCUT2D eigenvalue weighted by atomic mass is 32.2. The van der Waals surface area contributed by atoms with Crippen LogP contribution in [0.1, 0.15) is 0 Å². The normalized spacial score (nSPS) is 36.1. The van der Waals surface area contributed by atoms with Crippen molar-refractivity contribution in [2.45, 2.75) is 29.5 Å². The number of hydrogen-bond acceptors (Lipinski definition) is 9. The summed E-state index contributed by atoms with van der Waals surface area (Å²) in [6.45, 7) is -0.852. The maximum absolute atomic E-state index is 12.2. The summed E-state index contributed by atoms with van der Waals surface area (Å²) in [6.07, 6.45) is -4.51. The second-order valence-corrected chi connectivity index (χ2v) is 6.25. The molecule has 0 aromatic carbocycles. The molecule has 0 saturated carbocycles. The highest BCUT2D eigenvalue weighted by Gasteiger charge is 2.63. The molecule has 1 fully saturated rings. The maximum Gasteiger partial charge on any atom is 0.321 e. The first-order chi connectivity index (χ1) is 9.25. The molecule has 1 saturated heterocycles. The zero-order valence-corrected chi connectivity index (χ0v) is 10.8. The van der Waals surface area contributed by atoms with Crippen LogP contribution in [0.5, 0.6) is 0 Å². The molecule has 114 valence electrons. The molecule has 10 nitrogen and oxygen atoms in total. The van der Waals surface area contributed by atoms with E-state index in [-0.39, 0.29) is 0 Å². The topological polar surface area (TPSA) is 162 Å². The number of aromatic nitrogens is 2. The fraction of sp³-hybridized carbons (Fsp3) is 0.667. The Morgan fingerprint density at radius 2 is 2.10 bits per heavy atom. The molecule has 0 unspecified atom stereocenters. The first-order valence-corrected chi connectivity index (χ1v) is 6.98. The highest BCUT2D eigenvalue weighted by molar-refractivity contribution is 7.91. The Balaban J connectivity index is 2.41. The monoisotopic (exact) mass is 310 g/mol. The lowest BCUT2D eigenvalue weighted by molar-refractivity contribution is -0.181. The number of rotatable bonds is 4. The van der Waals surface area contributed by atoms with Crippen LogP contribution in [0.25, 0.3) is 0 Å². The maximum atomic E-state index is 12.2. The van der Waals surface area contributed by atoms with Gasteiger partial charge >= 0.3 is 5.12 Å². The molecular weight excluding hydrogens is 296 g/mol. The minimum Gasteiger partial charge on any atom is -0.394 e. The lowest BCUT2D eigenvalue weighted by Gasteiger charge is -2.25. The first kappa shape index (κ1) is 15.3. The lowest BCUT2D eigenvalue weighted by Crippen LogP contribution is -2.51. The number of imidazole rings is 1. The van der Waals surface area contributed by atoms with Crippen LogP contribution in [-0.2, 0) is 14.8 Å². The predicted octanol–water partition coefficient (Wildman–Crippen LogP) is -3.82. The van der Waals surface area contributed by atoms with Gasteiger partial charge in [-0.15, -0.1) is 0 Å². The molecule has 0 bridgehead atoms. The summed E-state index contributed by atoms with van der Waals surface area (Å²) in [5, 5.41) is 44.5. The molecule has 11 heteroatoms. The van der Waals surface area contributed by atoms with E-state index in [4.69, 9.17) is 9.84 Å². The van der Waals surface area contributed by atoms with Crippen LogP contribution >= 0.6 is 0 Å². The molecule has 5 atom stereocenters. The van der Waals surface area contributed by atoms with E-state index in [0.717, 1.165) is 18.7 Å². The summed E-state index contributed by atoms with van der Waals surface area (Å²) in [5.74, 6) is 0. The molecule has 20 heavy (non-hydrogen) atoms. The number of nitrogens with zero attached hydrogens (tertiary/aromatic N) is 2. The Kier molecular flexibility index (Phi) is 3.85. The van der Waals surface area contributed by atoms with Gasteiger partial charge in [-0.3, -0.25) is 0 Å². The SMILES string of the molecule is O=S(=O)(n1ccnc1)[C@]1(O)O[C@H]([C@H](O)CO)[C@H](O)[C@H]1O. The number of aliphatic hydroxyl groups excluding tert-OH is 4. The molecule has 1 aliphatic rings. The van der Waals surface area contributed by atoms with Gasteiger partial charge < -0.3 is 30.3 Å². The van der Waals surface area contributed by atoms with Crippen molar-refractivity contribution in [2.24, 2.45) is 0 Å². The third kappa shape index (κ3) is 2.03. The van der Waals surface area contributed by atoms with E-state index in [1.54, 1.807) is 0 Å². The number of aliphatic hydroxyl groups is 5. The van der Waals surface area contributed by atoms with E-state index in [1.165, 1.54) is 0 Å². The molecule has 1 aliphatic heterocycles. The van der Waals surface area contributed by atoms with E-state index in [9.17, 15) is 28.8 Å². The minimum absolute atomic E-state index is 0.497. The van der Waals surface area contributed by atoms with Crippen molar-refractivity contribution in [3.05, 3.63) is 18.7 Å². The third-order valence-electron chi connectivity index (χ3n) is 3.03. The van der Waals surface area contributed by atoms with Crippen LogP contribution < -0.4 is 0 Å². The quantitative estimate of drug-likeness (QED) is 0.375. The molecule has 2 rings (SSSR count). The second kappa shape index (κ2) is 5.04. The molecule has 0 amide bonds. The van der Waals surface area contributed by atoms with Gasteiger partial charge in [0.15, 0.2) is 6.10 Å². The van der Waals surface area contributed by atoms with E-state index >= 15 is 0 Å². The molecule has 2 heterocycles. The fourth-order valence-corrected chi connectivity index (χ4v) is 3.27. The Labute approximate surface area is 113 Å². The summed E-state index contributed by atoms with van der Waals surface area (Å²) in [5.41, 5.74) is 0. The fourth-order valence-electron chi connectivity index (χ4n) is 1.89. The Morgan fingerprint density at radius 1 is 1.45 bits per heavy atom. The van der Waals surface area contributed by atoms with Gasteiger partial charge in [0.05, 0.1) is 6.61 Å². The Hall–Kier alpha value is -1.08. The van der Waals surface area contributed by atoms with Crippen molar-refractivity contribution in [2.75, 3.05) is 6.61 Å². The summed E-state index contributed by atoms with van der Waals surface area (Å²) >= 11 is 0. The van der Waals surface area contributed by atoms with Gasteiger partial charge in [-0.25, -0.2) is 17.4 Å². The van der Waals surface area contributed by atoms with Crippen molar-refractivity contribution in [3.8, 4) is 0 Å². The molecule has 1 aromatic rings. The Bertz CT molecular complexity index is 561. The van der Waals surface area contributed by atoms with Gasteiger partial charge in [0.1, 0.15) is 24.6 Å². The summed E-state index contributed by atoms with van der Waals surface area (Å²) < 4.78 is 29.5. The zero-order chi connectivity index (χ0) is 15.1. The van der Waals surface area contributed by atoms with Gasteiger partial charge in [-0.1, -0.05) is 0 Å². The van der Waals surface area contributed by atoms with Crippen LogP contribution in [0.15, 0.2) is 18.7 Å². The van der Waals surface area contributed by atoms with Crippen molar-refractivity contribution < 1.29 is 38.7 Å². The van der Waals surface area contributed by atoms with Crippen LogP contribution in [0.3, 0.4) is 0 Å². The zero-order valence-electron chi connectivity index (χ0n) is 10.0. The van der Waals surface area contributed by atoms with E-state index in [1.807, 2.05) is 0 Å². The van der Waals surface area contributed by atoms with Crippen LogP contribution in [0.4, 0.5) is 0 Å². The average Bonchev–Trinajstić information content (AvgIpc) is 3.02. The second-order valence-electron chi connectivity index (χ2n) is 4.30. The van der Waals surface area contributed by atoms with Gasteiger partial charge in [-0.2, -0.15) is 0 Å². The molecule has 0 aliphatic carbocycles. The number of hydrogen-bond donors (Lipinski definition) is 5. The van der Waals surface area contributed by atoms with Crippen molar-refractivity contribution >= 4 is 10.0 Å². The smallest absolute Gasteiger partial charge is 0.321 e. The average molecular weight is 310 g/mol. The molecular formula is C9H14N2O8S. The first-order valence-electron chi connectivity index (χ1n) is 5.54. The predicted molar refractivity (Wildman–Crippen MR) is 61.5 cm³/mol. The van der Waals surface area contributed by atoms with E-state index in [0.29, 0.717) is 3.97 Å². The lowest BCUT2D eigenvalue weighted by atomic mass is 10.1.